The monoisotopic (exact) mass is 347 g/mol. The standard InChI is InChI=1S/C19H22ClNOS/c1-13-4-7-17(10-14(13)2)15(3)21-19(22)12-23-11-16-5-8-18(20)9-6-16/h4-10,15H,11-12H2,1-3H3,(H,21,22). The molecule has 23 heavy (non-hydrogen) atoms. The van der Waals surface area contributed by atoms with Gasteiger partial charge >= 0.3 is 0 Å². The molecule has 2 aromatic rings. The van der Waals surface area contributed by atoms with E-state index in [0.717, 1.165) is 16.3 Å². The van der Waals surface area contributed by atoms with Gasteiger partial charge in [-0.25, -0.2) is 0 Å². The summed E-state index contributed by atoms with van der Waals surface area (Å²) in [5, 5.41) is 3.79. The van der Waals surface area contributed by atoms with Gasteiger partial charge in [-0.2, -0.15) is 0 Å². The van der Waals surface area contributed by atoms with Crippen LogP contribution in [0.25, 0.3) is 0 Å². The van der Waals surface area contributed by atoms with Gasteiger partial charge in [0.15, 0.2) is 0 Å². The van der Waals surface area contributed by atoms with Gasteiger partial charge < -0.3 is 5.32 Å². The number of rotatable bonds is 6. The average molecular weight is 348 g/mol. The molecule has 0 saturated carbocycles. The SMILES string of the molecule is Cc1ccc(C(C)NC(=O)CSCc2ccc(Cl)cc2)cc1C. The molecule has 0 heterocycles. The summed E-state index contributed by atoms with van der Waals surface area (Å²) < 4.78 is 0. The molecule has 0 aliphatic rings. The lowest BCUT2D eigenvalue weighted by Crippen LogP contribution is -2.28. The Morgan fingerprint density at radius 1 is 1.13 bits per heavy atom. The molecule has 2 nitrogen and oxygen atoms in total. The Hall–Kier alpha value is -1.45. The number of aryl methyl sites for hydroxylation is 2. The minimum absolute atomic E-state index is 0.0259. The summed E-state index contributed by atoms with van der Waals surface area (Å²) in [6.45, 7) is 6.21. The first-order chi connectivity index (χ1) is 11.0. The van der Waals surface area contributed by atoms with Gasteiger partial charge in [-0.15, -0.1) is 11.8 Å². The van der Waals surface area contributed by atoms with E-state index in [0.29, 0.717) is 5.75 Å². The summed E-state index contributed by atoms with van der Waals surface area (Å²) in [4.78, 5) is 12.1. The zero-order chi connectivity index (χ0) is 16.8. The normalized spacial score (nSPS) is 12.0. The summed E-state index contributed by atoms with van der Waals surface area (Å²) in [5.41, 5.74) is 4.84. The highest BCUT2D eigenvalue weighted by molar-refractivity contribution is 7.99. The lowest BCUT2D eigenvalue weighted by molar-refractivity contribution is -0.119. The van der Waals surface area contributed by atoms with Gasteiger partial charge in [-0.05, 0) is 55.2 Å². The molecule has 0 fully saturated rings. The second kappa shape index (κ2) is 8.42. The van der Waals surface area contributed by atoms with Gasteiger partial charge in [0.25, 0.3) is 0 Å². The maximum absolute atomic E-state index is 12.1. The van der Waals surface area contributed by atoms with E-state index in [1.54, 1.807) is 11.8 Å². The van der Waals surface area contributed by atoms with Gasteiger partial charge in [0.05, 0.1) is 11.8 Å². The second-order valence-corrected chi connectivity index (χ2v) is 7.17. The number of thioether (sulfide) groups is 1. The highest BCUT2D eigenvalue weighted by Crippen LogP contribution is 2.18. The number of hydrogen-bond donors (Lipinski definition) is 1. The maximum atomic E-state index is 12.1. The van der Waals surface area contributed by atoms with E-state index in [-0.39, 0.29) is 11.9 Å². The van der Waals surface area contributed by atoms with Crippen LogP contribution < -0.4 is 5.32 Å². The first-order valence-corrected chi connectivity index (χ1v) is 9.17. The number of benzene rings is 2. The van der Waals surface area contributed by atoms with E-state index in [1.807, 2.05) is 31.2 Å². The third-order valence-electron chi connectivity index (χ3n) is 3.82. The summed E-state index contributed by atoms with van der Waals surface area (Å²) >= 11 is 7.47. The van der Waals surface area contributed by atoms with Crippen LogP contribution in [0.3, 0.4) is 0 Å². The number of hydrogen-bond acceptors (Lipinski definition) is 2. The first kappa shape index (κ1) is 17.9. The van der Waals surface area contributed by atoms with Crippen molar-refractivity contribution in [2.45, 2.75) is 32.6 Å². The smallest absolute Gasteiger partial charge is 0.230 e. The van der Waals surface area contributed by atoms with E-state index >= 15 is 0 Å². The minimum atomic E-state index is 0.0259. The lowest BCUT2D eigenvalue weighted by Gasteiger charge is -2.15. The fourth-order valence-corrected chi connectivity index (χ4v) is 3.17. The second-order valence-electron chi connectivity index (χ2n) is 5.75. The Kier molecular flexibility index (Phi) is 6.55. The molecule has 0 spiro atoms. The van der Waals surface area contributed by atoms with Gasteiger partial charge in [-0.3, -0.25) is 4.79 Å². The van der Waals surface area contributed by atoms with Crippen LogP contribution in [0.4, 0.5) is 0 Å². The zero-order valence-corrected chi connectivity index (χ0v) is 15.3. The molecule has 0 aromatic heterocycles. The molecule has 1 amide bonds. The molecular weight excluding hydrogens is 326 g/mol. The molecule has 0 saturated heterocycles. The average Bonchev–Trinajstić information content (AvgIpc) is 2.52. The van der Waals surface area contributed by atoms with Crippen molar-refractivity contribution < 1.29 is 4.79 Å². The minimum Gasteiger partial charge on any atom is -0.349 e. The van der Waals surface area contributed by atoms with Crippen LogP contribution >= 0.6 is 23.4 Å². The van der Waals surface area contributed by atoms with E-state index in [2.05, 4.69) is 37.4 Å². The topological polar surface area (TPSA) is 29.1 Å². The van der Waals surface area contributed by atoms with Crippen molar-refractivity contribution in [2.24, 2.45) is 0 Å². The van der Waals surface area contributed by atoms with E-state index in [9.17, 15) is 4.79 Å². The molecule has 122 valence electrons. The fourth-order valence-electron chi connectivity index (χ4n) is 2.24. The highest BCUT2D eigenvalue weighted by Gasteiger charge is 2.10. The van der Waals surface area contributed by atoms with E-state index < -0.39 is 0 Å². The largest absolute Gasteiger partial charge is 0.349 e. The molecule has 0 bridgehead atoms. The molecule has 0 aliphatic heterocycles. The molecule has 1 atom stereocenters. The fraction of sp³-hybridized carbons (Fsp3) is 0.316. The number of carbonyl (C=O) groups excluding carboxylic acids is 1. The maximum Gasteiger partial charge on any atom is 0.230 e. The third-order valence-corrected chi connectivity index (χ3v) is 5.08. The molecule has 2 rings (SSSR count). The molecule has 4 heteroatoms. The van der Waals surface area contributed by atoms with Crippen molar-refractivity contribution in [3.63, 3.8) is 0 Å². The van der Waals surface area contributed by atoms with Crippen molar-refractivity contribution >= 4 is 29.3 Å². The molecule has 2 aromatic carbocycles. The lowest BCUT2D eigenvalue weighted by atomic mass is 10.0. The van der Waals surface area contributed by atoms with Gasteiger partial charge in [-0.1, -0.05) is 41.9 Å². The Balaban J connectivity index is 1.79. The highest BCUT2D eigenvalue weighted by atomic mass is 35.5. The van der Waals surface area contributed by atoms with Crippen LogP contribution in [-0.4, -0.2) is 11.7 Å². The zero-order valence-electron chi connectivity index (χ0n) is 13.7. The Labute approximate surface area is 147 Å². The van der Waals surface area contributed by atoms with Gasteiger partial charge in [0, 0.05) is 10.8 Å². The Bertz CT molecular complexity index is 670. The number of carbonyl (C=O) groups is 1. The summed E-state index contributed by atoms with van der Waals surface area (Å²) in [6, 6.07) is 14.1. The van der Waals surface area contributed by atoms with Crippen molar-refractivity contribution in [3.05, 3.63) is 69.7 Å². The predicted octanol–water partition coefficient (Wildman–Crippen LogP) is 5.07. The van der Waals surface area contributed by atoms with Crippen molar-refractivity contribution in [3.8, 4) is 0 Å². The predicted molar refractivity (Wildman–Crippen MR) is 100 cm³/mol. The number of halogens is 1. The summed E-state index contributed by atoms with van der Waals surface area (Å²) in [7, 11) is 0. The first-order valence-electron chi connectivity index (χ1n) is 7.64. The van der Waals surface area contributed by atoms with Crippen molar-refractivity contribution in [1.82, 2.24) is 5.32 Å². The molecular formula is C19H22ClNOS. The Morgan fingerprint density at radius 3 is 2.48 bits per heavy atom. The van der Waals surface area contributed by atoms with Gasteiger partial charge in [0.1, 0.15) is 0 Å². The van der Waals surface area contributed by atoms with E-state index in [4.69, 9.17) is 11.6 Å². The summed E-state index contributed by atoms with van der Waals surface area (Å²) in [6.07, 6.45) is 0. The quantitative estimate of drug-likeness (QED) is 0.790. The van der Waals surface area contributed by atoms with E-state index in [1.165, 1.54) is 16.7 Å². The number of amides is 1. The van der Waals surface area contributed by atoms with Crippen molar-refractivity contribution in [1.29, 1.82) is 0 Å². The molecule has 1 unspecified atom stereocenters. The van der Waals surface area contributed by atoms with Crippen LogP contribution in [0.2, 0.25) is 5.02 Å². The molecule has 1 N–H and O–H groups in total. The summed E-state index contributed by atoms with van der Waals surface area (Å²) in [5.74, 6) is 1.33. The van der Waals surface area contributed by atoms with Crippen LogP contribution in [-0.2, 0) is 10.5 Å². The number of nitrogens with one attached hydrogen (secondary N) is 1. The molecule has 0 radical (unpaired) electrons. The van der Waals surface area contributed by atoms with Crippen LogP contribution in [0.15, 0.2) is 42.5 Å². The molecule has 0 aliphatic carbocycles. The van der Waals surface area contributed by atoms with Gasteiger partial charge in [0.2, 0.25) is 5.91 Å². The Morgan fingerprint density at radius 2 is 1.83 bits per heavy atom. The van der Waals surface area contributed by atoms with Crippen molar-refractivity contribution in [2.75, 3.05) is 5.75 Å². The van der Waals surface area contributed by atoms with Crippen LogP contribution in [0, 0.1) is 13.8 Å². The third kappa shape index (κ3) is 5.60. The van der Waals surface area contributed by atoms with Crippen LogP contribution in [0.1, 0.15) is 35.2 Å². The van der Waals surface area contributed by atoms with Crippen LogP contribution in [0.5, 0.6) is 0 Å².